The van der Waals surface area contributed by atoms with Gasteiger partial charge in [0, 0.05) is 13.1 Å². The summed E-state index contributed by atoms with van der Waals surface area (Å²) in [7, 11) is 4.06. The molecule has 80 valence electrons. The van der Waals surface area contributed by atoms with Gasteiger partial charge in [0.25, 0.3) is 0 Å². The monoisotopic (exact) mass is 203 g/mol. The van der Waals surface area contributed by atoms with Gasteiger partial charge in [-0.3, -0.25) is 0 Å². The van der Waals surface area contributed by atoms with Crippen molar-refractivity contribution in [3.8, 4) is 6.07 Å². The van der Waals surface area contributed by atoms with Crippen molar-refractivity contribution in [1.82, 2.24) is 4.90 Å². The molecular weight excluding hydrogens is 186 g/mol. The molecule has 0 bridgehead atoms. The second-order valence-electron chi connectivity index (χ2n) is 3.89. The summed E-state index contributed by atoms with van der Waals surface area (Å²) in [6, 6.07) is 8.00. The van der Waals surface area contributed by atoms with E-state index in [0.29, 0.717) is 5.56 Å². The number of hydrogen-bond donors (Lipinski definition) is 1. The highest BCUT2D eigenvalue weighted by molar-refractivity contribution is 5.58. The Hall–Kier alpha value is -1.53. The smallest absolute Gasteiger partial charge is 0.101 e. The molecule has 3 nitrogen and oxygen atoms in total. The maximum atomic E-state index is 8.92. The summed E-state index contributed by atoms with van der Waals surface area (Å²) in [5.41, 5.74) is 2.81. The van der Waals surface area contributed by atoms with Crippen molar-refractivity contribution < 1.29 is 0 Å². The standard InChI is InChI=1S/C12H17N3/c1-10-4-5-11(9-13)12(8-10)14-6-7-15(2)3/h4-5,8,14H,6-7H2,1-3H3. The molecule has 0 spiro atoms. The highest BCUT2D eigenvalue weighted by Gasteiger charge is 2.01. The maximum absolute atomic E-state index is 8.92. The Morgan fingerprint density at radius 1 is 1.40 bits per heavy atom. The lowest BCUT2D eigenvalue weighted by Gasteiger charge is -2.12. The van der Waals surface area contributed by atoms with Gasteiger partial charge in [-0.25, -0.2) is 0 Å². The molecule has 0 saturated carbocycles. The number of nitrogens with zero attached hydrogens (tertiary/aromatic N) is 2. The average molecular weight is 203 g/mol. The number of hydrogen-bond acceptors (Lipinski definition) is 3. The number of rotatable bonds is 4. The molecule has 0 aromatic heterocycles. The number of likely N-dealkylation sites (N-methyl/N-ethyl adjacent to an activating group) is 1. The largest absolute Gasteiger partial charge is 0.383 e. The van der Waals surface area contributed by atoms with Crippen molar-refractivity contribution >= 4 is 5.69 Å². The fourth-order valence-electron chi connectivity index (χ4n) is 1.32. The van der Waals surface area contributed by atoms with Crippen LogP contribution in [0.5, 0.6) is 0 Å². The molecule has 1 aromatic carbocycles. The Balaban J connectivity index is 2.67. The van der Waals surface area contributed by atoms with E-state index in [2.05, 4.69) is 16.3 Å². The molecule has 1 N–H and O–H groups in total. The van der Waals surface area contributed by atoms with Crippen LogP contribution in [0.25, 0.3) is 0 Å². The summed E-state index contributed by atoms with van der Waals surface area (Å²) in [5.74, 6) is 0. The first kappa shape index (κ1) is 11.5. The van der Waals surface area contributed by atoms with Crippen LogP contribution < -0.4 is 5.32 Å². The number of nitriles is 1. The molecule has 0 atom stereocenters. The summed E-state index contributed by atoms with van der Waals surface area (Å²) in [5, 5.41) is 12.2. The third-order valence-corrected chi connectivity index (χ3v) is 2.17. The van der Waals surface area contributed by atoms with Crippen molar-refractivity contribution in [2.75, 3.05) is 32.5 Å². The van der Waals surface area contributed by atoms with Gasteiger partial charge in [0.15, 0.2) is 0 Å². The predicted octanol–water partition coefficient (Wildman–Crippen LogP) is 1.84. The van der Waals surface area contributed by atoms with Gasteiger partial charge < -0.3 is 10.2 Å². The first-order chi connectivity index (χ1) is 7.13. The molecule has 15 heavy (non-hydrogen) atoms. The molecule has 3 heteroatoms. The van der Waals surface area contributed by atoms with Crippen molar-refractivity contribution in [3.63, 3.8) is 0 Å². The Labute approximate surface area is 91.3 Å². The van der Waals surface area contributed by atoms with Gasteiger partial charge in [-0.2, -0.15) is 5.26 Å². The minimum absolute atomic E-state index is 0.708. The van der Waals surface area contributed by atoms with E-state index in [1.165, 1.54) is 5.56 Å². The van der Waals surface area contributed by atoms with Crippen LogP contribution in [0.2, 0.25) is 0 Å². The van der Waals surface area contributed by atoms with Crippen LogP contribution in [0.4, 0.5) is 5.69 Å². The van der Waals surface area contributed by atoms with Gasteiger partial charge in [-0.05, 0) is 38.7 Å². The molecule has 0 aliphatic heterocycles. The molecule has 0 aliphatic carbocycles. The molecule has 1 rings (SSSR count). The molecule has 0 aliphatic rings. The zero-order valence-corrected chi connectivity index (χ0v) is 9.54. The van der Waals surface area contributed by atoms with Crippen LogP contribution in [0.3, 0.4) is 0 Å². The fraction of sp³-hybridized carbons (Fsp3) is 0.417. The second-order valence-corrected chi connectivity index (χ2v) is 3.89. The van der Waals surface area contributed by atoms with Crippen LogP contribution in [-0.2, 0) is 0 Å². The van der Waals surface area contributed by atoms with Gasteiger partial charge >= 0.3 is 0 Å². The van der Waals surface area contributed by atoms with Crippen molar-refractivity contribution in [2.45, 2.75) is 6.92 Å². The maximum Gasteiger partial charge on any atom is 0.101 e. The van der Waals surface area contributed by atoms with Gasteiger partial charge in [-0.1, -0.05) is 6.07 Å². The SMILES string of the molecule is Cc1ccc(C#N)c(NCCN(C)C)c1. The molecule has 0 fully saturated rings. The van der Waals surface area contributed by atoms with Crippen LogP contribution in [0.15, 0.2) is 18.2 Å². The van der Waals surface area contributed by atoms with E-state index in [1.807, 2.05) is 39.2 Å². The lowest BCUT2D eigenvalue weighted by Crippen LogP contribution is -2.21. The fourth-order valence-corrected chi connectivity index (χ4v) is 1.32. The summed E-state index contributed by atoms with van der Waals surface area (Å²) in [4.78, 5) is 2.11. The van der Waals surface area contributed by atoms with Crippen LogP contribution in [0.1, 0.15) is 11.1 Å². The minimum atomic E-state index is 0.708. The van der Waals surface area contributed by atoms with Gasteiger partial charge in [-0.15, -0.1) is 0 Å². The number of anilines is 1. The van der Waals surface area contributed by atoms with Crippen molar-refractivity contribution in [1.29, 1.82) is 5.26 Å². The lowest BCUT2D eigenvalue weighted by atomic mass is 10.1. The summed E-state index contributed by atoms with van der Waals surface area (Å²) < 4.78 is 0. The molecule has 0 heterocycles. The molecule has 0 saturated heterocycles. The average Bonchev–Trinajstić information content (AvgIpc) is 2.17. The van der Waals surface area contributed by atoms with E-state index < -0.39 is 0 Å². The summed E-state index contributed by atoms with van der Waals surface area (Å²) in [6.07, 6.45) is 0. The normalized spacial score (nSPS) is 10.1. The Bertz CT molecular complexity index is 364. The highest BCUT2D eigenvalue weighted by Crippen LogP contribution is 2.15. The van der Waals surface area contributed by atoms with Gasteiger partial charge in [0.05, 0.1) is 11.3 Å². The minimum Gasteiger partial charge on any atom is -0.383 e. The van der Waals surface area contributed by atoms with E-state index in [0.717, 1.165) is 18.8 Å². The Kier molecular flexibility index (Phi) is 4.14. The zero-order chi connectivity index (χ0) is 11.3. The number of benzene rings is 1. The van der Waals surface area contributed by atoms with Crippen LogP contribution in [0, 0.1) is 18.3 Å². The van der Waals surface area contributed by atoms with E-state index in [4.69, 9.17) is 5.26 Å². The lowest BCUT2D eigenvalue weighted by molar-refractivity contribution is 0.425. The van der Waals surface area contributed by atoms with Crippen molar-refractivity contribution in [2.24, 2.45) is 0 Å². The van der Waals surface area contributed by atoms with Crippen LogP contribution in [-0.4, -0.2) is 32.1 Å². The quantitative estimate of drug-likeness (QED) is 0.811. The van der Waals surface area contributed by atoms with E-state index in [-0.39, 0.29) is 0 Å². The second kappa shape index (κ2) is 5.38. The number of nitrogens with one attached hydrogen (secondary N) is 1. The van der Waals surface area contributed by atoms with E-state index >= 15 is 0 Å². The highest BCUT2D eigenvalue weighted by atomic mass is 15.1. The van der Waals surface area contributed by atoms with Crippen molar-refractivity contribution in [3.05, 3.63) is 29.3 Å². The molecule has 0 unspecified atom stereocenters. The third kappa shape index (κ3) is 3.61. The first-order valence-corrected chi connectivity index (χ1v) is 5.03. The molecule has 1 aromatic rings. The van der Waals surface area contributed by atoms with Crippen LogP contribution >= 0.6 is 0 Å². The Morgan fingerprint density at radius 2 is 2.13 bits per heavy atom. The topological polar surface area (TPSA) is 39.1 Å². The zero-order valence-electron chi connectivity index (χ0n) is 9.54. The first-order valence-electron chi connectivity index (χ1n) is 5.03. The molecular formula is C12H17N3. The third-order valence-electron chi connectivity index (χ3n) is 2.17. The van der Waals surface area contributed by atoms with E-state index in [1.54, 1.807) is 0 Å². The number of aryl methyl sites for hydroxylation is 1. The van der Waals surface area contributed by atoms with Gasteiger partial charge in [0.1, 0.15) is 6.07 Å². The molecule has 0 amide bonds. The predicted molar refractivity (Wildman–Crippen MR) is 62.9 cm³/mol. The summed E-state index contributed by atoms with van der Waals surface area (Å²) >= 11 is 0. The van der Waals surface area contributed by atoms with E-state index in [9.17, 15) is 0 Å². The molecule has 0 radical (unpaired) electrons. The Morgan fingerprint density at radius 3 is 2.73 bits per heavy atom. The summed E-state index contributed by atoms with van der Waals surface area (Å²) in [6.45, 7) is 3.84. The van der Waals surface area contributed by atoms with Gasteiger partial charge in [0.2, 0.25) is 0 Å².